The summed E-state index contributed by atoms with van der Waals surface area (Å²) in [6, 6.07) is 15.2. The van der Waals surface area contributed by atoms with Crippen LogP contribution in [-0.4, -0.2) is 57.3 Å². The molecule has 1 fully saturated rings. The zero-order chi connectivity index (χ0) is 22.5. The molecule has 3 heterocycles. The zero-order valence-electron chi connectivity index (χ0n) is 18.5. The largest absolute Gasteiger partial charge is 0.338 e. The molecular weight excluding hydrogens is 420 g/mol. The number of thiazole rings is 1. The molecule has 0 N–H and O–H groups in total. The molecular formula is C25H28N4O2S. The number of piperidine rings is 1. The van der Waals surface area contributed by atoms with Crippen molar-refractivity contribution in [2.75, 3.05) is 19.6 Å². The summed E-state index contributed by atoms with van der Waals surface area (Å²) in [7, 11) is 0. The second-order valence-corrected chi connectivity index (χ2v) is 9.04. The van der Waals surface area contributed by atoms with Crippen LogP contribution < -0.4 is 0 Å². The number of benzene rings is 1. The van der Waals surface area contributed by atoms with Gasteiger partial charge in [0.05, 0.1) is 11.4 Å². The van der Waals surface area contributed by atoms with Gasteiger partial charge in [0.25, 0.3) is 11.8 Å². The van der Waals surface area contributed by atoms with Crippen LogP contribution in [0.3, 0.4) is 0 Å². The summed E-state index contributed by atoms with van der Waals surface area (Å²) < 4.78 is 0. The van der Waals surface area contributed by atoms with Gasteiger partial charge in [-0.1, -0.05) is 31.2 Å². The highest BCUT2D eigenvalue weighted by atomic mass is 32.1. The van der Waals surface area contributed by atoms with Gasteiger partial charge in [0.15, 0.2) is 0 Å². The molecule has 0 unspecified atom stereocenters. The Bertz CT molecular complexity index is 1060. The van der Waals surface area contributed by atoms with Gasteiger partial charge in [-0.15, -0.1) is 11.3 Å². The van der Waals surface area contributed by atoms with E-state index < -0.39 is 0 Å². The Kier molecular flexibility index (Phi) is 6.95. The number of carbonyl (C=O) groups is 2. The van der Waals surface area contributed by atoms with E-state index in [0.717, 1.165) is 41.2 Å². The highest BCUT2D eigenvalue weighted by molar-refractivity contribution is 7.17. The molecule has 0 radical (unpaired) electrons. The maximum Gasteiger partial charge on any atom is 0.266 e. The quantitative estimate of drug-likeness (QED) is 0.550. The Morgan fingerprint density at radius 2 is 1.81 bits per heavy atom. The molecule has 7 heteroatoms. The first kappa shape index (κ1) is 22.1. The number of nitrogens with zero attached hydrogens (tertiary/aromatic N) is 4. The van der Waals surface area contributed by atoms with E-state index in [-0.39, 0.29) is 17.9 Å². The Labute approximate surface area is 192 Å². The number of rotatable bonds is 6. The fraction of sp³-hybridized carbons (Fsp3) is 0.360. The van der Waals surface area contributed by atoms with Crippen LogP contribution in [0.2, 0.25) is 0 Å². The molecule has 0 spiro atoms. The van der Waals surface area contributed by atoms with Crippen molar-refractivity contribution in [3.8, 4) is 10.7 Å². The third-order valence-electron chi connectivity index (χ3n) is 5.81. The SMILES string of the molecule is CCCN(C(=O)c1sc(-c2ccccn2)nc1C)C1CCN(C(=O)c2ccccc2)CC1. The van der Waals surface area contributed by atoms with E-state index in [4.69, 9.17) is 0 Å². The summed E-state index contributed by atoms with van der Waals surface area (Å²) in [4.78, 5) is 39.9. The zero-order valence-corrected chi connectivity index (χ0v) is 19.3. The number of aryl methyl sites for hydroxylation is 1. The third-order valence-corrected chi connectivity index (χ3v) is 6.98. The topological polar surface area (TPSA) is 66.4 Å². The van der Waals surface area contributed by atoms with Crippen molar-refractivity contribution >= 4 is 23.2 Å². The second-order valence-electron chi connectivity index (χ2n) is 8.04. The van der Waals surface area contributed by atoms with E-state index in [9.17, 15) is 9.59 Å². The molecule has 0 atom stereocenters. The highest BCUT2D eigenvalue weighted by Crippen LogP contribution is 2.29. The van der Waals surface area contributed by atoms with E-state index >= 15 is 0 Å². The van der Waals surface area contributed by atoms with Gasteiger partial charge in [-0.2, -0.15) is 0 Å². The fourth-order valence-electron chi connectivity index (χ4n) is 4.16. The van der Waals surface area contributed by atoms with Crippen molar-refractivity contribution in [3.05, 3.63) is 70.9 Å². The first-order valence-corrected chi connectivity index (χ1v) is 11.9. The number of likely N-dealkylation sites (tertiary alicyclic amines) is 1. The van der Waals surface area contributed by atoms with Gasteiger partial charge >= 0.3 is 0 Å². The first-order chi connectivity index (χ1) is 15.6. The van der Waals surface area contributed by atoms with Crippen LogP contribution in [0.15, 0.2) is 54.7 Å². The van der Waals surface area contributed by atoms with Crippen molar-refractivity contribution in [1.82, 2.24) is 19.8 Å². The van der Waals surface area contributed by atoms with Crippen molar-refractivity contribution in [2.24, 2.45) is 0 Å². The van der Waals surface area contributed by atoms with Crippen molar-refractivity contribution < 1.29 is 9.59 Å². The smallest absolute Gasteiger partial charge is 0.266 e. The molecule has 2 aromatic heterocycles. The number of aromatic nitrogens is 2. The van der Waals surface area contributed by atoms with Crippen LogP contribution in [0.4, 0.5) is 0 Å². The van der Waals surface area contributed by atoms with E-state index in [0.29, 0.717) is 24.5 Å². The molecule has 2 amide bonds. The molecule has 1 aliphatic heterocycles. The molecule has 4 rings (SSSR count). The predicted molar refractivity (Wildman–Crippen MR) is 127 cm³/mol. The normalized spacial score (nSPS) is 14.4. The van der Waals surface area contributed by atoms with E-state index in [1.54, 1.807) is 6.20 Å². The number of pyridine rings is 1. The number of amides is 2. The highest BCUT2D eigenvalue weighted by Gasteiger charge is 2.31. The van der Waals surface area contributed by atoms with E-state index in [1.165, 1.54) is 11.3 Å². The molecule has 6 nitrogen and oxygen atoms in total. The Morgan fingerprint density at radius 1 is 1.09 bits per heavy atom. The minimum Gasteiger partial charge on any atom is -0.338 e. The van der Waals surface area contributed by atoms with Crippen LogP contribution in [0.1, 0.15) is 51.9 Å². The molecule has 1 saturated heterocycles. The lowest BCUT2D eigenvalue weighted by Gasteiger charge is -2.38. The molecule has 0 bridgehead atoms. The average molecular weight is 449 g/mol. The van der Waals surface area contributed by atoms with Gasteiger partial charge in [-0.05, 0) is 50.5 Å². The monoisotopic (exact) mass is 448 g/mol. The van der Waals surface area contributed by atoms with E-state index in [1.807, 2.05) is 65.3 Å². The van der Waals surface area contributed by atoms with E-state index in [2.05, 4.69) is 16.9 Å². The lowest BCUT2D eigenvalue weighted by Crippen LogP contribution is -2.49. The number of carbonyl (C=O) groups excluding carboxylic acids is 2. The van der Waals surface area contributed by atoms with Crippen molar-refractivity contribution in [3.63, 3.8) is 0 Å². The summed E-state index contributed by atoms with van der Waals surface area (Å²) in [6.45, 7) is 6.00. The third kappa shape index (κ3) is 4.72. The lowest BCUT2D eigenvalue weighted by molar-refractivity contribution is 0.0522. The first-order valence-electron chi connectivity index (χ1n) is 11.1. The number of hydrogen-bond acceptors (Lipinski definition) is 5. The van der Waals surface area contributed by atoms with Crippen LogP contribution in [0.25, 0.3) is 10.7 Å². The summed E-state index contributed by atoms with van der Waals surface area (Å²) in [5.74, 6) is 0.104. The Morgan fingerprint density at radius 3 is 2.47 bits per heavy atom. The molecule has 32 heavy (non-hydrogen) atoms. The van der Waals surface area contributed by atoms with Crippen LogP contribution in [0, 0.1) is 6.92 Å². The number of hydrogen-bond donors (Lipinski definition) is 0. The minimum absolute atomic E-state index is 0.0388. The second kappa shape index (κ2) is 10.0. The van der Waals surface area contributed by atoms with Gasteiger partial charge in [0, 0.05) is 37.4 Å². The fourth-order valence-corrected chi connectivity index (χ4v) is 5.16. The molecule has 3 aromatic rings. The molecule has 0 aliphatic carbocycles. The van der Waals surface area contributed by atoms with Crippen LogP contribution in [-0.2, 0) is 0 Å². The maximum absolute atomic E-state index is 13.5. The Hall–Kier alpha value is -3.06. The van der Waals surface area contributed by atoms with Gasteiger partial charge in [-0.25, -0.2) is 4.98 Å². The summed E-state index contributed by atoms with van der Waals surface area (Å²) in [6.07, 6.45) is 4.20. The minimum atomic E-state index is 0.0388. The summed E-state index contributed by atoms with van der Waals surface area (Å²) in [5, 5.41) is 0.770. The molecule has 1 aromatic carbocycles. The lowest BCUT2D eigenvalue weighted by atomic mass is 10.0. The standard InChI is InChI=1S/C25H28N4O2S/c1-3-15-29(20-12-16-28(17-13-20)24(30)19-9-5-4-6-10-19)25(31)22-18(2)27-23(32-22)21-11-7-8-14-26-21/h4-11,14,20H,3,12-13,15-17H2,1-2H3. The molecule has 0 saturated carbocycles. The van der Waals surface area contributed by atoms with Crippen LogP contribution >= 0.6 is 11.3 Å². The average Bonchev–Trinajstić information content (AvgIpc) is 3.24. The molecule has 166 valence electrons. The Balaban J connectivity index is 1.47. The van der Waals surface area contributed by atoms with Crippen LogP contribution in [0.5, 0.6) is 0 Å². The summed E-state index contributed by atoms with van der Waals surface area (Å²) in [5.41, 5.74) is 2.25. The van der Waals surface area contributed by atoms with Gasteiger partial charge in [-0.3, -0.25) is 14.6 Å². The predicted octanol–water partition coefficient (Wildman–Crippen LogP) is 4.67. The van der Waals surface area contributed by atoms with Crippen molar-refractivity contribution in [2.45, 2.75) is 39.2 Å². The van der Waals surface area contributed by atoms with Gasteiger partial charge < -0.3 is 9.80 Å². The molecule has 1 aliphatic rings. The maximum atomic E-state index is 13.5. The van der Waals surface area contributed by atoms with Gasteiger partial charge in [0.2, 0.25) is 0 Å². The summed E-state index contributed by atoms with van der Waals surface area (Å²) >= 11 is 1.41. The van der Waals surface area contributed by atoms with Crippen molar-refractivity contribution in [1.29, 1.82) is 0 Å². The van der Waals surface area contributed by atoms with Gasteiger partial charge in [0.1, 0.15) is 9.88 Å².